The lowest BCUT2D eigenvalue weighted by molar-refractivity contribution is -0.915. The quantitative estimate of drug-likeness (QED) is 0.294. The average molecular weight is 180 g/mol. The van der Waals surface area contributed by atoms with E-state index in [0.29, 0.717) is 0 Å². The van der Waals surface area contributed by atoms with Crippen molar-refractivity contribution in [3.05, 3.63) is 12.3 Å². The third-order valence-electron chi connectivity index (χ3n) is 1.46. The molecule has 0 aromatic heterocycles. The summed E-state index contributed by atoms with van der Waals surface area (Å²) in [6.45, 7) is 7.58. The highest BCUT2D eigenvalue weighted by molar-refractivity contribution is 4.73. The zero-order chi connectivity index (χ0) is 8.36. The van der Waals surface area contributed by atoms with Gasteiger partial charge in [0.2, 0.25) is 6.23 Å². The van der Waals surface area contributed by atoms with Crippen molar-refractivity contribution in [2.24, 2.45) is 0 Å². The minimum absolute atomic E-state index is 0. The molecule has 0 aliphatic carbocycles. The van der Waals surface area contributed by atoms with Gasteiger partial charge in [-0.05, 0) is 6.92 Å². The third kappa shape index (κ3) is 6.20. The Morgan fingerprint density at radius 3 is 1.82 bits per heavy atom. The number of nitrogens with zero attached hydrogens (tertiary/aromatic N) is 1. The summed E-state index contributed by atoms with van der Waals surface area (Å²) in [7, 11) is 6.27. The van der Waals surface area contributed by atoms with Gasteiger partial charge < -0.3 is 17.1 Å². The summed E-state index contributed by atoms with van der Waals surface area (Å²) < 4.78 is 6.19. The van der Waals surface area contributed by atoms with Crippen LogP contribution in [-0.2, 0) is 4.74 Å². The SMILES string of the molecule is C=C(C)OC(C)[N+](C)(C)C.[Cl-]. The standard InChI is InChI=1S/C8H18NO.ClH/c1-7(2)10-8(3)9(4,5)6;/h8H,1H2,2-6H3;1H/q+1;/p-1. The smallest absolute Gasteiger partial charge is 0.229 e. The fourth-order valence-corrected chi connectivity index (χ4v) is 0.449. The van der Waals surface area contributed by atoms with Gasteiger partial charge in [0.15, 0.2) is 0 Å². The van der Waals surface area contributed by atoms with Crippen molar-refractivity contribution < 1.29 is 21.6 Å². The Bertz CT molecular complexity index is 129. The second-order valence-corrected chi connectivity index (χ2v) is 3.54. The van der Waals surface area contributed by atoms with E-state index in [9.17, 15) is 0 Å². The summed E-state index contributed by atoms with van der Waals surface area (Å²) in [6, 6.07) is 0. The van der Waals surface area contributed by atoms with Gasteiger partial charge in [-0.3, -0.25) is 4.48 Å². The molecule has 0 N–H and O–H groups in total. The predicted molar refractivity (Wildman–Crippen MR) is 43.4 cm³/mol. The van der Waals surface area contributed by atoms with E-state index in [4.69, 9.17) is 4.74 Å². The van der Waals surface area contributed by atoms with Crippen molar-refractivity contribution >= 4 is 0 Å². The van der Waals surface area contributed by atoms with E-state index >= 15 is 0 Å². The number of hydrogen-bond donors (Lipinski definition) is 0. The molecular formula is C8H18ClNO. The van der Waals surface area contributed by atoms with Gasteiger partial charge in [0.1, 0.15) is 0 Å². The molecule has 0 heterocycles. The minimum Gasteiger partial charge on any atom is -1.00 e. The molecule has 11 heavy (non-hydrogen) atoms. The maximum absolute atomic E-state index is 5.39. The van der Waals surface area contributed by atoms with Crippen LogP contribution in [0.5, 0.6) is 0 Å². The Labute approximate surface area is 75.8 Å². The second kappa shape index (κ2) is 4.62. The molecule has 0 aliphatic rings. The first-order chi connectivity index (χ1) is 4.34. The van der Waals surface area contributed by atoms with E-state index in [1.54, 1.807) is 0 Å². The van der Waals surface area contributed by atoms with Gasteiger partial charge in [-0.1, -0.05) is 6.58 Å². The van der Waals surface area contributed by atoms with Crippen molar-refractivity contribution in [2.45, 2.75) is 20.1 Å². The molecule has 3 heteroatoms. The van der Waals surface area contributed by atoms with Crippen LogP contribution in [0.1, 0.15) is 13.8 Å². The topological polar surface area (TPSA) is 9.23 Å². The molecule has 0 radical (unpaired) electrons. The summed E-state index contributed by atoms with van der Waals surface area (Å²) in [5, 5.41) is 0. The molecular weight excluding hydrogens is 162 g/mol. The van der Waals surface area contributed by atoms with E-state index in [2.05, 4.69) is 27.7 Å². The molecule has 0 spiro atoms. The van der Waals surface area contributed by atoms with Crippen LogP contribution in [0, 0.1) is 0 Å². The number of allylic oxidation sites excluding steroid dienone is 1. The maximum Gasteiger partial charge on any atom is 0.229 e. The lowest BCUT2D eigenvalue weighted by Gasteiger charge is -2.31. The van der Waals surface area contributed by atoms with Gasteiger partial charge >= 0.3 is 0 Å². The van der Waals surface area contributed by atoms with Crippen molar-refractivity contribution in [3.8, 4) is 0 Å². The van der Waals surface area contributed by atoms with Gasteiger partial charge in [0, 0.05) is 6.92 Å². The van der Waals surface area contributed by atoms with E-state index in [-0.39, 0.29) is 18.6 Å². The molecule has 0 fully saturated rings. The van der Waals surface area contributed by atoms with Crippen molar-refractivity contribution in [1.82, 2.24) is 0 Å². The number of rotatable bonds is 3. The van der Waals surface area contributed by atoms with Crippen LogP contribution >= 0.6 is 0 Å². The number of ether oxygens (including phenoxy) is 1. The Morgan fingerprint density at radius 2 is 1.73 bits per heavy atom. The van der Waals surface area contributed by atoms with Crippen molar-refractivity contribution in [1.29, 1.82) is 0 Å². The zero-order valence-corrected chi connectivity index (χ0v) is 8.77. The Hall–Kier alpha value is -0.210. The number of quaternary nitrogens is 1. The number of halogens is 1. The minimum atomic E-state index is 0. The van der Waals surface area contributed by atoms with Crippen LogP contribution in [0.4, 0.5) is 0 Å². The van der Waals surface area contributed by atoms with Crippen LogP contribution in [0.25, 0.3) is 0 Å². The molecule has 1 atom stereocenters. The molecule has 0 saturated heterocycles. The summed E-state index contributed by atoms with van der Waals surface area (Å²) in [5.74, 6) is 0.778. The van der Waals surface area contributed by atoms with Gasteiger partial charge in [-0.2, -0.15) is 0 Å². The molecule has 0 saturated carbocycles. The fraction of sp³-hybridized carbons (Fsp3) is 0.750. The van der Waals surface area contributed by atoms with Crippen LogP contribution in [-0.4, -0.2) is 31.9 Å². The van der Waals surface area contributed by atoms with Crippen LogP contribution in [0.15, 0.2) is 12.3 Å². The largest absolute Gasteiger partial charge is 1.00 e. The normalized spacial score (nSPS) is 13.2. The Morgan fingerprint density at radius 1 is 1.36 bits per heavy atom. The van der Waals surface area contributed by atoms with Gasteiger partial charge in [0.05, 0.1) is 26.9 Å². The third-order valence-corrected chi connectivity index (χ3v) is 1.46. The molecule has 0 bridgehead atoms. The molecule has 0 aromatic rings. The summed E-state index contributed by atoms with van der Waals surface area (Å²) in [4.78, 5) is 0. The number of hydrogen-bond acceptors (Lipinski definition) is 1. The summed E-state index contributed by atoms with van der Waals surface area (Å²) in [5.41, 5.74) is 0. The van der Waals surface area contributed by atoms with Crippen molar-refractivity contribution in [3.63, 3.8) is 0 Å². The van der Waals surface area contributed by atoms with Crippen LogP contribution < -0.4 is 12.4 Å². The highest BCUT2D eigenvalue weighted by atomic mass is 35.5. The lowest BCUT2D eigenvalue weighted by Crippen LogP contribution is -3.00. The maximum atomic E-state index is 5.39. The lowest BCUT2D eigenvalue weighted by atomic mass is 10.5. The molecule has 0 amide bonds. The predicted octanol–water partition coefficient (Wildman–Crippen LogP) is -1.41. The second-order valence-electron chi connectivity index (χ2n) is 3.54. The molecule has 0 aromatic carbocycles. The fourth-order valence-electron chi connectivity index (χ4n) is 0.449. The van der Waals surface area contributed by atoms with Crippen molar-refractivity contribution in [2.75, 3.05) is 21.1 Å². The van der Waals surface area contributed by atoms with E-state index in [1.165, 1.54) is 0 Å². The molecule has 2 nitrogen and oxygen atoms in total. The van der Waals surface area contributed by atoms with E-state index < -0.39 is 0 Å². The zero-order valence-electron chi connectivity index (χ0n) is 8.02. The first kappa shape index (κ1) is 13.4. The Balaban J connectivity index is 0. The molecule has 0 aliphatic heterocycles. The summed E-state index contributed by atoms with van der Waals surface area (Å²) >= 11 is 0. The van der Waals surface area contributed by atoms with Gasteiger partial charge in [-0.25, -0.2) is 0 Å². The van der Waals surface area contributed by atoms with E-state index in [1.807, 2.05) is 13.8 Å². The molecule has 0 rings (SSSR count). The van der Waals surface area contributed by atoms with E-state index in [0.717, 1.165) is 10.2 Å². The average Bonchev–Trinajstić information content (AvgIpc) is 1.60. The first-order valence-electron chi connectivity index (χ1n) is 3.47. The van der Waals surface area contributed by atoms with Crippen LogP contribution in [0.2, 0.25) is 0 Å². The molecule has 1 unspecified atom stereocenters. The first-order valence-corrected chi connectivity index (χ1v) is 3.47. The van der Waals surface area contributed by atoms with Crippen LogP contribution in [0.3, 0.4) is 0 Å². The molecule has 68 valence electrons. The summed E-state index contributed by atoms with van der Waals surface area (Å²) in [6.07, 6.45) is 0.178. The highest BCUT2D eigenvalue weighted by Gasteiger charge is 2.18. The highest BCUT2D eigenvalue weighted by Crippen LogP contribution is 2.06. The van der Waals surface area contributed by atoms with Gasteiger partial charge in [-0.15, -0.1) is 0 Å². The van der Waals surface area contributed by atoms with Gasteiger partial charge in [0.25, 0.3) is 0 Å². The monoisotopic (exact) mass is 179 g/mol. The Kier molecular flexibility index (Phi) is 5.63.